The van der Waals surface area contributed by atoms with Crippen LogP contribution in [0, 0.1) is 20.2 Å². The number of non-ortho nitro benzene ring substituents is 2. The van der Waals surface area contributed by atoms with Crippen molar-refractivity contribution >= 4 is 88.4 Å². The van der Waals surface area contributed by atoms with Gasteiger partial charge in [-0.2, -0.15) is 0 Å². The highest BCUT2D eigenvalue weighted by Crippen LogP contribution is 2.32. The van der Waals surface area contributed by atoms with Gasteiger partial charge in [0.2, 0.25) is 0 Å². The summed E-state index contributed by atoms with van der Waals surface area (Å²) in [5.41, 5.74) is 6.62. The SMILES string of the molecule is O=c1c2ccc(Nc3ccc(Nc4ccc([N+](=O)[O-])cc4)cc3)cc2sc2cc(Nc3ccc(Nc4ccc([N+](=O)[O-])cc4)cc3)ccc12. The predicted molar refractivity (Wildman–Crippen MR) is 198 cm³/mol. The average molecular weight is 667 g/mol. The van der Waals surface area contributed by atoms with Crippen LogP contribution < -0.4 is 26.7 Å². The Hall–Kier alpha value is -6.79. The van der Waals surface area contributed by atoms with Crippen LogP contribution in [0.15, 0.2) is 138 Å². The lowest BCUT2D eigenvalue weighted by Gasteiger charge is -2.11. The second kappa shape index (κ2) is 13.1. The Kier molecular flexibility index (Phi) is 8.27. The van der Waals surface area contributed by atoms with Crippen molar-refractivity contribution in [1.82, 2.24) is 0 Å². The first-order valence-electron chi connectivity index (χ1n) is 15.1. The summed E-state index contributed by atoms with van der Waals surface area (Å²) in [4.78, 5) is 34.3. The first kappa shape index (κ1) is 30.8. The number of fused-ring (bicyclic) bond motifs is 2. The topological polar surface area (TPSA) is 151 Å². The minimum absolute atomic E-state index is 0.0230. The van der Waals surface area contributed by atoms with E-state index < -0.39 is 9.85 Å². The molecule has 1 aromatic heterocycles. The molecule has 7 aromatic rings. The molecule has 0 aliphatic heterocycles. The van der Waals surface area contributed by atoms with Crippen LogP contribution in [-0.2, 0) is 0 Å². The van der Waals surface area contributed by atoms with E-state index in [4.69, 9.17) is 0 Å². The molecule has 0 aliphatic rings. The van der Waals surface area contributed by atoms with Crippen LogP contribution in [0.25, 0.3) is 20.2 Å². The zero-order valence-corrected chi connectivity index (χ0v) is 26.4. The van der Waals surface area contributed by atoms with Gasteiger partial charge in [0.25, 0.3) is 11.4 Å². The second-order valence-corrected chi connectivity index (χ2v) is 12.2. The Labute approximate surface area is 282 Å². The summed E-state index contributed by atoms with van der Waals surface area (Å²) in [5, 5.41) is 36.4. The molecule has 0 fully saturated rings. The molecule has 12 heteroatoms. The van der Waals surface area contributed by atoms with Crippen LogP contribution in [-0.4, -0.2) is 9.85 Å². The maximum atomic E-state index is 13.4. The smallest absolute Gasteiger partial charge is 0.269 e. The normalized spacial score (nSPS) is 10.9. The van der Waals surface area contributed by atoms with Crippen LogP contribution in [0.2, 0.25) is 0 Å². The standard InChI is InChI=1S/C37H26N6O5S/c44-37-33-19-13-29(40-25-5-1-23(2-6-25)38-27-9-15-31(16-10-27)42(45)46)21-35(33)49-36-22-30(14-20-34(36)37)41-26-7-3-24(4-8-26)39-28-11-17-32(18-12-28)43(47)48/h1-22,38-41H. The molecule has 0 atom stereocenters. The Balaban J connectivity index is 1.04. The fourth-order valence-electron chi connectivity index (χ4n) is 5.28. The summed E-state index contributed by atoms with van der Waals surface area (Å²) in [6.07, 6.45) is 0. The van der Waals surface area contributed by atoms with Gasteiger partial charge in [0.15, 0.2) is 5.43 Å². The van der Waals surface area contributed by atoms with Gasteiger partial charge in [-0.1, -0.05) is 0 Å². The molecule has 0 spiro atoms. The molecule has 0 saturated heterocycles. The Morgan fingerprint density at radius 3 is 0.980 bits per heavy atom. The van der Waals surface area contributed by atoms with E-state index in [1.807, 2.05) is 84.9 Å². The number of nitro groups is 2. The lowest BCUT2D eigenvalue weighted by molar-refractivity contribution is -0.385. The first-order chi connectivity index (χ1) is 23.8. The van der Waals surface area contributed by atoms with E-state index in [0.29, 0.717) is 10.8 Å². The van der Waals surface area contributed by atoms with E-state index in [1.165, 1.54) is 24.3 Å². The molecule has 7 rings (SSSR count). The molecular formula is C37H26N6O5S. The van der Waals surface area contributed by atoms with Gasteiger partial charge in [0.05, 0.1) is 9.85 Å². The number of hydrogen-bond donors (Lipinski definition) is 4. The fraction of sp³-hybridized carbons (Fsp3) is 0. The third kappa shape index (κ3) is 6.99. The van der Waals surface area contributed by atoms with Gasteiger partial charge in [0, 0.05) is 89.9 Å². The number of nitrogens with one attached hydrogen (secondary N) is 4. The zero-order valence-electron chi connectivity index (χ0n) is 25.5. The van der Waals surface area contributed by atoms with E-state index >= 15 is 0 Å². The summed E-state index contributed by atoms with van der Waals surface area (Å²) >= 11 is 1.54. The van der Waals surface area contributed by atoms with Crippen molar-refractivity contribution in [3.05, 3.63) is 164 Å². The van der Waals surface area contributed by atoms with Crippen molar-refractivity contribution in [2.24, 2.45) is 0 Å². The molecule has 6 aromatic carbocycles. The monoisotopic (exact) mass is 666 g/mol. The molecule has 11 nitrogen and oxygen atoms in total. The fourth-order valence-corrected chi connectivity index (χ4v) is 6.43. The second-order valence-electron chi connectivity index (χ2n) is 11.1. The summed E-state index contributed by atoms with van der Waals surface area (Å²) in [5.74, 6) is 0. The molecule has 240 valence electrons. The quantitative estimate of drug-likeness (QED) is 0.0635. The van der Waals surface area contributed by atoms with Gasteiger partial charge in [-0.25, -0.2) is 0 Å². The first-order valence-corrected chi connectivity index (χ1v) is 15.9. The molecule has 0 amide bonds. The van der Waals surface area contributed by atoms with Gasteiger partial charge in [-0.05, 0) is 109 Å². The highest BCUT2D eigenvalue weighted by Gasteiger charge is 2.10. The maximum Gasteiger partial charge on any atom is 0.269 e. The lowest BCUT2D eigenvalue weighted by atomic mass is 10.1. The van der Waals surface area contributed by atoms with Crippen molar-refractivity contribution in [3.8, 4) is 0 Å². The highest BCUT2D eigenvalue weighted by atomic mass is 32.1. The van der Waals surface area contributed by atoms with E-state index in [1.54, 1.807) is 35.6 Å². The highest BCUT2D eigenvalue weighted by molar-refractivity contribution is 7.24. The third-order valence-corrected chi connectivity index (χ3v) is 8.87. The van der Waals surface area contributed by atoms with Crippen LogP contribution in [0.3, 0.4) is 0 Å². The van der Waals surface area contributed by atoms with Gasteiger partial charge in [-0.15, -0.1) is 11.3 Å². The van der Waals surface area contributed by atoms with Crippen molar-refractivity contribution in [2.45, 2.75) is 0 Å². The molecule has 0 saturated carbocycles. The zero-order chi connectivity index (χ0) is 33.9. The molecule has 0 radical (unpaired) electrons. The lowest BCUT2D eigenvalue weighted by Crippen LogP contribution is -2.02. The largest absolute Gasteiger partial charge is 0.356 e. The Morgan fingerprint density at radius 2 is 0.673 bits per heavy atom. The molecule has 0 aliphatic carbocycles. The summed E-state index contributed by atoms with van der Waals surface area (Å²) < 4.78 is 1.72. The van der Waals surface area contributed by atoms with Crippen molar-refractivity contribution in [3.63, 3.8) is 0 Å². The molecule has 4 N–H and O–H groups in total. The number of nitro benzene ring substituents is 2. The minimum atomic E-state index is -0.428. The summed E-state index contributed by atoms with van der Waals surface area (Å²) in [7, 11) is 0. The maximum absolute atomic E-state index is 13.4. The molecule has 0 bridgehead atoms. The minimum Gasteiger partial charge on any atom is -0.356 e. The van der Waals surface area contributed by atoms with E-state index in [-0.39, 0.29) is 16.8 Å². The molecule has 49 heavy (non-hydrogen) atoms. The summed E-state index contributed by atoms with van der Waals surface area (Å²) in [6.45, 7) is 0. The number of nitrogens with zero attached hydrogens (tertiary/aromatic N) is 2. The Morgan fingerprint density at radius 1 is 0.408 bits per heavy atom. The average Bonchev–Trinajstić information content (AvgIpc) is 3.10. The number of hydrogen-bond acceptors (Lipinski definition) is 10. The number of benzene rings is 6. The molecule has 0 unspecified atom stereocenters. The van der Waals surface area contributed by atoms with Gasteiger partial charge < -0.3 is 21.3 Å². The van der Waals surface area contributed by atoms with Crippen LogP contribution in [0.5, 0.6) is 0 Å². The Bertz CT molecular complexity index is 2230. The van der Waals surface area contributed by atoms with Crippen molar-refractivity contribution in [2.75, 3.05) is 21.3 Å². The van der Waals surface area contributed by atoms with Crippen LogP contribution >= 0.6 is 11.3 Å². The molecular weight excluding hydrogens is 641 g/mol. The van der Waals surface area contributed by atoms with Crippen molar-refractivity contribution < 1.29 is 9.85 Å². The number of anilines is 8. The van der Waals surface area contributed by atoms with Crippen LogP contribution in [0.4, 0.5) is 56.9 Å². The third-order valence-electron chi connectivity index (χ3n) is 7.75. The van der Waals surface area contributed by atoms with E-state index in [0.717, 1.165) is 54.9 Å². The van der Waals surface area contributed by atoms with E-state index in [2.05, 4.69) is 21.3 Å². The summed E-state index contributed by atoms with van der Waals surface area (Å²) in [6, 6.07) is 39.3. The molecule has 1 heterocycles. The number of rotatable bonds is 10. The van der Waals surface area contributed by atoms with Gasteiger partial charge in [-0.3, -0.25) is 25.0 Å². The van der Waals surface area contributed by atoms with Crippen molar-refractivity contribution in [1.29, 1.82) is 0 Å². The van der Waals surface area contributed by atoms with Gasteiger partial charge >= 0.3 is 0 Å². The van der Waals surface area contributed by atoms with Crippen LogP contribution in [0.1, 0.15) is 0 Å². The van der Waals surface area contributed by atoms with E-state index in [9.17, 15) is 25.0 Å². The predicted octanol–water partition coefficient (Wildman–Crippen LogP) is 10.2. The van der Waals surface area contributed by atoms with Gasteiger partial charge in [0.1, 0.15) is 0 Å².